The maximum Gasteiger partial charge on any atom is 0.337 e. The first-order valence-corrected chi connectivity index (χ1v) is 11.0. The number of rotatable bonds is 6. The highest BCUT2D eigenvalue weighted by atomic mass is 16.6. The van der Waals surface area contributed by atoms with Gasteiger partial charge in [0.2, 0.25) is 0 Å². The van der Waals surface area contributed by atoms with Gasteiger partial charge in [0, 0.05) is 30.3 Å². The largest absolute Gasteiger partial charge is 0.458 e. The van der Waals surface area contributed by atoms with Crippen LogP contribution in [0.2, 0.25) is 0 Å². The maximum atomic E-state index is 12.9. The fourth-order valence-corrected chi connectivity index (χ4v) is 5.03. The SMILES string of the molecule is C=C1CC(OC(=O)C(=CC)COC(=O)C(=CC)CO)C2C(=C)C(=O)OC2C2C(C)C(=O)CC12. The van der Waals surface area contributed by atoms with Gasteiger partial charge in [-0.2, -0.15) is 0 Å². The molecule has 0 aromatic heterocycles. The van der Waals surface area contributed by atoms with Gasteiger partial charge in [-0.3, -0.25) is 4.79 Å². The summed E-state index contributed by atoms with van der Waals surface area (Å²) < 4.78 is 16.5. The Morgan fingerprint density at radius 3 is 2.39 bits per heavy atom. The van der Waals surface area contributed by atoms with Gasteiger partial charge < -0.3 is 19.3 Å². The van der Waals surface area contributed by atoms with E-state index >= 15 is 0 Å². The molecular weight excluding hydrogens is 428 g/mol. The second-order valence-corrected chi connectivity index (χ2v) is 8.73. The summed E-state index contributed by atoms with van der Waals surface area (Å²) in [5.41, 5.74) is 1.19. The highest BCUT2D eigenvalue weighted by molar-refractivity contribution is 5.93. The third-order valence-corrected chi connectivity index (χ3v) is 7.01. The third-order valence-electron chi connectivity index (χ3n) is 7.01. The molecule has 6 atom stereocenters. The van der Waals surface area contributed by atoms with Crippen molar-refractivity contribution in [3.8, 4) is 0 Å². The number of aliphatic hydroxyl groups excluding tert-OH is 1. The molecule has 8 heteroatoms. The van der Waals surface area contributed by atoms with Crippen molar-refractivity contribution in [2.45, 2.75) is 45.8 Å². The molecular formula is C25H30O8. The lowest BCUT2D eigenvalue weighted by Crippen LogP contribution is -2.38. The molecule has 0 radical (unpaired) electrons. The molecule has 0 bridgehead atoms. The number of Topliss-reactive ketones (excluding diaryl/α,β-unsaturated/α-hetero) is 1. The molecule has 1 aliphatic heterocycles. The lowest BCUT2D eigenvalue weighted by molar-refractivity contribution is -0.150. The monoisotopic (exact) mass is 458 g/mol. The summed E-state index contributed by atoms with van der Waals surface area (Å²) in [6, 6.07) is 0. The second kappa shape index (κ2) is 9.87. The van der Waals surface area contributed by atoms with Crippen molar-refractivity contribution in [3.63, 3.8) is 0 Å². The molecule has 2 saturated carbocycles. The topological polar surface area (TPSA) is 116 Å². The first-order chi connectivity index (χ1) is 15.6. The van der Waals surface area contributed by atoms with Crippen LogP contribution in [0.3, 0.4) is 0 Å². The highest BCUT2D eigenvalue weighted by Crippen LogP contribution is 2.52. The fourth-order valence-electron chi connectivity index (χ4n) is 5.03. The summed E-state index contributed by atoms with van der Waals surface area (Å²) in [7, 11) is 0. The van der Waals surface area contributed by atoms with E-state index in [0.29, 0.717) is 6.42 Å². The molecule has 3 rings (SSSR count). The smallest absolute Gasteiger partial charge is 0.337 e. The van der Waals surface area contributed by atoms with Crippen molar-refractivity contribution in [2.75, 3.05) is 13.2 Å². The number of esters is 3. The number of hydrogen-bond acceptors (Lipinski definition) is 8. The van der Waals surface area contributed by atoms with E-state index < -0.39 is 42.6 Å². The van der Waals surface area contributed by atoms with Crippen LogP contribution in [0.15, 0.2) is 47.6 Å². The van der Waals surface area contributed by atoms with Gasteiger partial charge in [0.05, 0.1) is 23.7 Å². The van der Waals surface area contributed by atoms with E-state index in [4.69, 9.17) is 14.2 Å². The van der Waals surface area contributed by atoms with Gasteiger partial charge >= 0.3 is 17.9 Å². The number of ketones is 1. The number of aliphatic hydroxyl groups is 1. The van der Waals surface area contributed by atoms with Gasteiger partial charge in [0.15, 0.2) is 0 Å². The molecule has 1 heterocycles. The predicted octanol–water partition coefficient (Wildman–Crippen LogP) is 2.23. The molecule has 1 saturated heterocycles. The van der Waals surface area contributed by atoms with Crippen LogP contribution < -0.4 is 0 Å². The second-order valence-electron chi connectivity index (χ2n) is 8.73. The number of carbonyl (C=O) groups excluding carboxylic acids is 4. The first-order valence-electron chi connectivity index (χ1n) is 11.0. The average Bonchev–Trinajstić information content (AvgIpc) is 3.20. The van der Waals surface area contributed by atoms with Crippen LogP contribution in [0.4, 0.5) is 0 Å². The zero-order valence-electron chi connectivity index (χ0n) is 19.2. The van der Waals surface area contributed by atoms with Gasteiger partial charge in [-0.15, -0.1) is 0 Å². The van der Waals surface area contributed by atoms with Crippen LogP contribution in [-0.4, -0.2) is 54.2 Å². The fraction of sp³-hybridized carbons (Fsp3) is 0.520. The van der Waals surface area contributed by atoms with Crippen molar-refractivity contribution in [1.82, 2.24) is 0 Å². The lowest BCUT2D eigenvalue weighted by atomic mass is 9.79. The van der Waals surface area contributed by atoms with E-state index in [1.54, 1.807) is 13.8 Å². The van der Waals surface area contributed by atoms with Crippen molar-refractivity contribution in [1.29, 1.82) is 0 Å². The molecule has 8 nitrogen and oxygen atoms in total. The molecule has 0 aromatic carbocycles. The van der Waals surface area contributed by atoms with E-state index in [2.05, 4.69) is 13.2 Å². The van der Waals surface area contributed by atoms with Crippen LogP contribution in [0, 0.1) is 23.7 Å². The maximum absolute atomic E-state index is 12.9. The van der Waals surface area contributed by atoms with Crippen LogP contribution >= 0.6 is 0 Å². The lowest BCUT2D eigenvalue weighted by Gasteiger charge is -2.29. The minimum atomic E-state index is -0.754. The molecule has 33 heavy (non-hydrogen) atoms. The van der Waals surface area contributed by atoms with Gasteiger partial charge in [-0.25, -0.2) is 14.4 Å². The molecule has 3 fully saturated rings. The Morgan fingerprint density at radius 1 is 1.12 bits per heavy atom. The van der Waals surface area contributed by atoms with Crippen LogP contribution in [0.5, 0.6) is 0 Å². The Labute approximate surface area is 193 Å². The normalized spacial score (nSPS) is 32.1. The molecule has 2 aliphatic carbocycles. The summed E-state index contributed by atoms with van der Waals surface area (Å²) in [5, 5.41) is 9.18. The van der Waals surface area contributed by atoms with Gasteiger partial charge in [-0.05, 0) is 19.8 Å². The predicted molar refractivity (Wildman–Crippen MR) is 117 cm³/mol. The standard InChI is InChI=1S/C25H30O8/c1-6-15(10-26)24(29)31-11-16(7-2)25(30)32-19-8-12(3)17-9-18(27)13(4)20(17)22-21(19)14(5)23(28)33-22/h6-7,13,17,19-22,26H,3,5,8-11H2,1-2,4H3. The Kier molecular flexibility index (Phi) is 7.37. The summed E-state index contributed by atoms with van der Waals surface area (Å²) in [6.07, 6.45) is 2.13. The number of hydrogen-bond donors (Lipinski definition) is 1. The molecule has 0 amide bonds. The zero-order chi connectivity index (χ0) is 24.4. The Morgan fingerprint density at radius 2 is 1.79 bits per heavy atom. The summed E-state index contributed by atoms with van der Waals surface area (Å²) in [5.74, 6) is -3.15. The average molecular weight is 459 g/mol. The Balaban J connectivity index is 1.79. The number of allylic oxidation sites excluding steroid dienone is 2. The van der Waals surface area contributed by atoms with Gasteiger partial charge in [0.1, 0.15) is 24.6 Å². The highest BCUT2D eigenvalue weighted by Gasteiger charge is 2.57. The van der Waals surface area contributed by atoms with Crippen molar-refractivity contribution in [2.24, 2.45) is 23.7 Å². The quantitative estimate of drug-likeness (QED) is 0.279. The molecule has 178 valence electrons. The Bertz CT molecular complexity index is 955. The van der Waals surface area contributed by atoms with E-state index in [1.165, 1.54) is 12.2 Å². The first kappa shape index (κ1) is 24.6. The third kappa shape index (κ3) is 4.57. The summed E-state index contributed by atoms with van der Waals surface area (Å²) >= 11 is 0. The number of fused-ring (bicyclic) bond motifs is 3. The molecule has 1 N–H and O–H groups in total. The minimum Gasteiger partial charge on any atom is -0.458 e. The Hall–Kier alpha value is -3.00. The van der Waals surface area contributed by atoms with Crippen LogP contribution in [-0.2, 0) is 33.4 Å². The van der Waals surface area contributed by atoms with Crippen molar-refractivity contribution >= 4 is 23.7 Å². The van der Waals surface area contributed by atoms with Gasteiger partial charge in [-0.1, -0.05) is 37.8 Å². The molecule has 6 unspecified atom stereocenters. The van der Waals surface area contributed by atoms with E-state index in [9.17, 15) is 24.3 Å². The van der Waals surface area contributed by atoms with Crippen LogP contribution in [0.1, 0.15) is 33.6 Å². The van der Waals surface area contributed by atoms with Crippen LogP contribution in [0.25, 0.3) is 0 Å². The van der Waals surface area contributed by atoms with E-state index in [-0.39, 0.29) is 53.3 Å². The van der Waals surface area contributed by atoms with E-state index in [0.717, 1.165) is 5.57 Å². The van der Waals surface area contributed by atoms with E-state index in [1.807, 2.05) is 6.92 Å². The number of carbonyl (C=O) groups is 4. The minimum absolute atomic E-state index is 0.0786. The van der Waals surface area contributed by atoms with Crippen molar-refractivity contribution in [3.05, 3.63) is 47.6 Å². The molecule has 0 spiro atoms. The van der Waals surface area contributed by atoms with Gasteiger partial charge in [0.25, 0.3) is 0 Å². The molecule has 0 aromatic rings. The summed E-state index contributed by atoms with van der Waals surface area (Å²) in [4.78, 5) is 49.7. The summed E-state index contributed by atoms with van der Waals surface area (Å²) in [6.45, 7) is 12.2. The number of ether oxygens (including phenoxy) is 3. The van der Waals surface area contributed by atoms with Crippen molar-refractivity contribution < 1.29 is 38.5 Å². The zero-order valence-corrected chi connectivity index (χ0v) is 19.2. The molecule has 3 aliphatic rings.